The number of hydrogen-bond donors (Lipinski definition) is 2. The van der Waals surface area contributed by atoms with Crippen LogP contribution in [0, 0.1) is 0 Å². The first-order valence-corrected chi connectivity index (χ1v) is 6.59. The predicted molar refractivity (Wildman–Crippen MR) is 69.0 cm³/mol. The summed E-state index contributed by atoms with van der Waals surface area (Å²) < 4.78 is 0. The fourth-order valence-corrected chi connectivity index (χ4v) is 2.31. The summed E-state index contributed by atoms with van der Waals surface area (Å²) in [6.07, 6.45) is 1.06. The van der Waals surface area contributed by atoms with E-state index in [-0.39, 0.29) is 6.04 Å². The molecule has 0 aromatic heterocycles. The molecule has 3 heteroatoms. The van der Waals surface area contributed by atoms with E-state index < -0.39 is 0 Å². The number of benzene rings is 1. The van der Waals surface area contributed by atoms with Crippen molar-refractivity contribution in [2.75, 3.05) is 11.5 Å². The highest BCUT2D eigenvalue weighted by molar-refractivity contribution is 7.98. The first kappa shape index (κ1) is 12.0. The molecule has 0 spiro atoms. The first-order chi connectivity index (χ1) is 6.83. The fraction of sp³-hybridized carbons (Fsp3) is 0.455. The van der Waals surface area contributed by atoms with Crippen LogP contribution in [0.25, 0.3) is 0 Å². The molecule has 1 atom stereocenters. The number of rotatable bonds is 6. The SMILES string of the molecule is N[C@@H](CS)CCSCc1ccccc1. The minimum atomic E-state index is 0.251. The Kier molecular flexibility index (Phi) is 6.15. The zero-order valence-corrected chi connectivity index (χ0v) is 9.94. The van der Waals surface area contributed by atoms with Gasteiger partial charge < -0.3 is 5.73 Å². The second kappa shape index (κ2) is 7.21. The van der Waals surface area contributed by atoms with Crippen molar-refractivity contribution >= 4 is 24.4 Å². The molecule has 0 saturated carbocycles. The van der Waals surface area contributed by atoms with E-state index in [0.29, 0.717) is 0 Å². The van der Waals surface area contributed by atoms with Crippen LogP contribution >= 0.6 is 24.4 Å². The summed E-state index contributed by atoms with van der Waals surface area (Å²) in [5, 5.41) is 0. The molecule has 2 N–H and O–H groups in total. The van der Waals surface area contributed by atoms with Crippen molar-refractivity contribution in [3.05, 3.63) is 35.9 Å². The average Bonchev–Trinajstić information content (AvgIpc) is 2.25. The van der Waals surface area contributed by atoms with Gasteiger partial charge in [0, 0.05) is 17.5 Å². The maximum atomic E-state index is 5.76. The molecular weight excluding hydrogens is 210 g/mol. The summed E-state index contributed by atoms with van der Waals surface area (Å²) in [5.41, 5.74) is 7.15. The Morgan fingerprint density at radius 3 is 2.64 bits per heavy atom. The van der Waals surface area contributed by atoms with Crippen LogP contribution in [0.4, 0.5) is 0 Å². The van der Waals surface area contributed by atoms with Gasteiger partial charge in [-0.1, -0.05) is 30.3 Å². The fourth-order valence-electron chi connectivity index (χ4n) is 1.09. The van der Waals surface area contributed by atoms with Crippen LogP contribution in [0.5, 0.6) is 0 Å². The van der Waals surface area contributed by atoms with Crippen LogP contribution in [0.15, 0.2) is 30.3 Å². The molecule has 0 aliphatic heterocycles. The number of thioether (sulfide) groups is 1. The number of nitrogens with two attached hydrogens (primary N) is 1. The van der Waals surface area contributed by atoms with Crippen LogP contribution in [0.3, 0.4) is 0 Å². The standard InChI is InChI=1S/C11H17NS2/c12-11(8-13)6-7-14-9-10-4-2-1-3-5-10/h1-5,11,13H,6-9,12H2/t11-/m1/s1. The summed E-state index contributed by atoms with van der Waals surface area (Å²) >= 11 is 6.09. The third kappa shape index (κ3) is 4.94. The van der Waals surface area contributed by atoms with Crippen molar-refractivity contribution < 1.29 is 0 Å². The van der Waals surface area contributed by atoms with E-state index >= 15 is 0 Å². The van der Waals surface area contributed by atoms with Crippen molar-refractivity contribution in [2.24, 2.45) is 5.73 Å². The third-order valence-electron chi connectivity index (χ3n) is 1.98. The number of hydrogen-bond acceptors (Lipinski definition) is 3. The van der Waals surface area contributed by atoms with Crippen molar-refractivity contribution in [3.8, 4) is 0 Å². The largest absolute Gasteiger partial charge is 0.327 e. The highest BCUT2D eigenvalue weighted by Gasteiger charge is 1.99. The van der Waals surface area contributed by atoms with E-state index in [0.717, 1.165) is 23.7 Å². The summed E-state index contributed by atoms with van der Waals surface area (Å²) in [6, 6.07) is 10.8. The maximum absolute atomic E-state index is 5.76. The molecule has 0 radical (unpaired) electrons. The van der Waals surface area contributed by atoms with E-state index in [9.17, 15) is 0 Å². The molecule has 1 nitrogen and oxygen atoms in total. The Balaban J connectivity index is 2.10. The topological polar surface area (TPSA) is 26.0 Å². The molecule has 1 aromatic carbocycles. The van der Waals surface area contributed by atoms with E-state index in [4.69, 9.17) is 5.73 Å². The summed E-state index contributed by atoms with van der Waals surface area (Å²) in [6.45, 7) is 0. The van der Waals surface area contributed by atoms with Gasteiger partial charge in [-0.3, -0.25) is 0 Å². The lowest BCUT2D eigenvalue weighted by Crippen LogP contribution is -2.22. The molecule has 0 aliphatic carbocycles. The van der Waals surface area contributed by atoms with Gasteiger partial charge in [-0.05, 0) is 17.7 Å². The minimum Gasteiger partial charge on any atom is -0.327 e. The molecule has 1 rings (SSSR count). The summed E-state index contributed by atoms with van der Waals surface area (Å²) in [7, 11) is 0. The van der Waals surface area contributed by atoms with Crippen LogP contribution in [0.1, 0.15) is 12.0 Å². The molecule has 0 saturated heterocycles. The van der Waals surface area contributed by atoms with E-state index in [1.54, 1.807) is 0 Å². The molecule has 0 amide bonds. The van der Waals surface area contributed by atoms with Crippen molar-refractivity contribution in [3.63, 3.8) is 0 Å². The predicted octanol–water partition coefficient (Wildman–Crippen LogP) is 2.57. The van der Waals surface area contributed by atoms with Crippen LogP contribution in [-0.4, -0.2) is 17.5 Å². The van der Waals surface area contributed by atoms with Gasteiger partial charge in [-0.2, -0.15) is 24.4 Å². The minimum absolute atomic E-state index is 0.251. The van der Waals surface area contributed by atoms with Gasteiger partial charge in [0.1, 0.15) is 0 Å². The molecular formula is C11H17NS2. The highest BCUT2D eigenvalue weighted by Crippen LogP contribution is 2.13. The van der Waals surface area contributed by atoms with Gasteiger partial charge in [0.2, 0.25) is 0 Å². The molecule has 0 bridgehead atoms. The monoisotopic (exact) mass is 227 g/mol. The summed E-state index contributed by atoms with van der Waals surface area (Å²) in [5.74, 6) is 2.99. The van der Waals surface area contributed by atoms with Crippen LogP contribution < -0.4 is 5.73 Å². The molecule has 1 aromatic rings. The third-order valence-corrected chi connectivity index (χ3v) is 3.51. The zero-order valence-electron chi connectivity index (χ0n) is 8.23. The van der Waals surface area contributed by atoms with Gasteiger partial charge in [0.25, 0.3) is 0 Å². The molecule has 14 heavy (non-hydrogen) atoms. The Bertz CT molecular complexity index is 238. The second-order valence-electron chi connectivity index (χ2n) is 3.27. The molecule has 0 unspecified atom stereocenters. The zero-order chi connectivity index (χ0) is 10.2. The molecule has 78 valence electrons. The van der Waals surface area contributed by atoms with Crippen LogP contribution in [0.2, 0.25) is 0 Å². The van der Waals surface area contributed by atoms with Gasteiger partial charge in [-0.25, -0.2) is 0 Å². The van der Waals surface area contributed by atoms with Gasteiger partial charge in [0.05, 0.1) is 0 Å². The average molecular weight is 227 g/mol. The Hall–Kier alpha value is -0.120. The van der Waals surface area contributed by atoms with E-state index in [1.165, 1.54) is 5.56 Å². The normalized spacial score (nSPS) is 12.7. The van der Waals surface area contributed by atoms with E-state index in [2.05, 4.69) is 36.9 Å². The smallest absolute Gasteiger partial charge is 0.0184 e. The lowest BCUT2D eigenvalue weighted by Gasteiger charge is -2.07. The lowest BCUT2D eigenvalue weighted by atomic mass is 10.2. The maximum Gasteiger partial charge on any atom is 0.0184 e. The van der Waals surface area contributed by atoms with Crippen molar-refractivity contribution in [2.45, 2.75) is 18.2 Å². The quantitative estimate of drug-likeness (QED) is 0.577. The van der Waals surface area contributed by atoms with Crippen molar-refractivity contribution in [1.82, 2.24) is 0 Å². The van der Waals surface area contributed by atoms with Crippen molar-refractivity contribution in [1.29, 1.82) is 0 Å². The van der Waals surface area contributed by atoms with Gasteiger partial charge in [0.15, 0.2) is 0 Å². The van der Waals surface area contributed by atoms with Crippen LogP contribution in [-0.2, 0) is 5.75 Å². The van der Waals surface area contributed by atoms with E-state index in [1.807, 2.05) is 17.8 Å². The van der Waals surface area contributed by atoms with Gasteiger partial charge >= 0.3 is 0 Å². The second-order valence-corrected chi connectivity index (χ2v) is 4.74. The molecule has 0 aliphatic rings. The lowest BCUT2D eigenvalue weighted by molar-refractivity contribution is 0.733. The number of thiol groups is 1. The Labute approximate surface area is 95.9 Å². The Morgan fingerprint density at radius 1 is 1.29 bits per heavy atom. The molecule has 0 fully saturated rings. The summed E-state index contributed by atoms with van der Waals surface area (Å²) in [4.78, 5) is 0. The molecule has 0 heterocycles. The Morgan fingerprint density at radius 2 is 2.00 bits per heavy atom. The first-order valence-electron chi connectivity index (χ1n) is 4.81. The highest BCUT2D eigenvalue weighted by atomic mass is 32.2. The van der Waals surface area contributed by atoms with Gasteiger partial charge in [-0.15, -0.1) is 0 Å².